The van der Waals surface area contributed by atoms with Gasteiger partial charge >= 0.3 is 11.9 Å². The fourth-order valence-electron chi connectivity index (χ4n) is 3.45. The number of carboxylic acids is 2. The molecule has 0 bridgehead atoms. The highest BCUT2D eigenvalue weighted by atomic mass is 19.1. The van der Waals surface area contributed by atoms with Crippen LogP contribution in [0, 0.1) is 12.7 Å². The first-order valence-electron chi connectivity index (χ1n) is 10.3. The second-order valence-electron chi connectivity index (χ2n) is 7.82. The first-order valence-corrected chi connectivity index (χ1v) is 10.3. The number of carboxylic acid groups (broad SMARTS) is 2. The molecule has 3 rings (SSSR count). The molecule has 34 heavy (non-hydrogen) atoms. The highest BCUT2D eigenvalue weighted by molar-refractivity contribution is 5.97. The number of carbonyl (C=O) groups excluding carboxylic acids is 1. The van der Waals surface area contributed by atoms with Gasteiger partial charge in [0.2, 0.25) is 0 Å². The Kier molecular flexibility index (Phi) is 7.24. The first-order chi connectivity index (χ1) is 16.0. The number of benzene rings is 2. The minimum Gasteiger partial charge on any atom is -0.481 e. The number of rotatable bonds is 9. The number of aliphatic carboxylic acids is 2. The summed E-state index contributed by atoms with van der Waals surface area (Å²) in [6.07, 6.45) is -0.789. The molecule has 0 aliphatic heterocycles. The molecule has 1 atom stereocenters. The molecule has 0 saturated carbocycles. The van der Waals surface area contributed by atoms with Crippen LogP contribution in [0.15, 0.2) is 41.2 Å². The Morgan fingerprint density at radius 1 is 1.18 bits per heavy atom. The zero-order valence-corrected chi connectivity index (χ0v) is 18.5. The number of aromatic amines is 1. The molecule has 0 aliphatic rings. The molecule has 2 aromatic carbocycles. The van der Waals surface area contributed by atoms with Gasteiger partial charge in [0.15, 0.2) is 0 Å². The number of hydrogen-bond donors (Lipinski definition) is 4. The van der Waals surface area contributed by atoms with E-state index in [0.717, 1.165) is 11.6 Å². The van der Waals surface area contributed by atoms with Crippen molar-refractivity contribution in [3.63, 3.8) is 0 Å². The van der Waals surface area contributed by atoms with E-state index in [1.165, 1.54) is 12.1 Å². The molecule has 0 unspecified atom stereocenters. The number of anilines is 1. The molecule has 1 heterocycles. The molecule has 1 amide bonds. The van der Waals surface area contributed by atoms with E-state index in [4.69, 9.17) is 5.11 Å². The van der Waals surface area contributed by atoms with Crippen molar-refractivity contribution in [3.05, 3.63) is 69.5 Å². The van der Waals surface area contributed by atoms with E-state index >= 15 is 0 Å². The highest BCUT2D eigenvalue weighted by Gasteiger charge is 2.23. The molecule has 0 spiro atoms. The highest BCUT2D eigenvalue weighted by Crippen LogP contribution is 2.21. The van der Waals surface area contributed by atoms with Gasteiger partial charge in [0.05, 0.1) is 16.5 Å². The number of halogens is 1. The maximum atomic E-state index is 14.7. The number of nitrogens with one attached hydrogen (secondary N) is 2. The van der Waals surface area contributed by atoms with E-state index in [1.807, 2.05) is 6.07 Å². The van der Waals surface area contributed by atoms with E-state index < -0.39 is 36.1 Å². The van der Waals surface area contributed by atoms with Crippen LogP contribution in [0.4, 0.5) is 10.1 Å². The van der Waals surface area contributed by atoms with Gasteiger partial charge in [-0.05, 0) is 49.2 Å². The summed E-state index contributed by atoms with van der Waals surface area (Å²) in [6.45, 7) is 2.03. The Bertz CT molecular complexity index is 1320. The average molecular weight is 470 g/mol. The van der Waals surface area contributed by atoms with Gasteiger partial charge in [0, 0.05) is 25.7 Å². The number of carbonyl (C=O) groups is 3. The average Bonchev–Trinajstić information content (AvgIpc) is 2.76. The number of fused-ring (bicyclic) bond motifs is 1. The monoisotopic (exact) mass is 470 g/mol. The fourth-order valence-corrected chi connectivity index (χ4v) is 3.45. The molecule has 4 N–H and O–H groups in total. The summed E-state index contributed by atoms with van der Waals surface area (Å²) in [5, 5.41) is 20.5. The van der Waals surface area contributed by atoms with Crippen molar-refractivity contribution in [1.82, 2.24) is 15.3 Å². The molecule has 1 aromatic heterocycles. The molecular weight excluding hydrogens is 447 g/mol. The van der Waals surface area contributed by atoms with E-state index in [1.54, 1.807) is 31.0 Å². The van der Waals surface area contributed by atoms with Crippen LogP contribution < -0.4 is 15.8 Å². The molecule has 3 aromatic rings. The SMILES string of the molecule is Cc1nc2ccc(CN(C)c3ccc(C(=O)N[C@H](CCC(=O)O)C(=O)O)c(F)c3)cc2c(=O)[nH]1. The van der Waals surface area contributed by atoms with Gasteiger partial charge in [-0.15, -0.1) is 0 Å². The van der Waals surface area contributed by atoms with Gasteiger partial charge in [0.1, 0.15) is 17.7 Å². The van der Waals surface area contributed by atoms with Gasteiger partial charge in [-0.1, -0.05) is 6.07 Å². The number of aromatic nitrogens is 2. The lowest BCUT2D eigenvalue weighted by Gasteiger charge is -2.20. The van der Waals surface area contributed by atoms with Gasteiger partial charge in [-0.3, -0.25) is 14.4 Å². The maximum absolute atomic E-state index is 14.7. The van der Waals surface area contributed by atoms with Crippen molar-refractivity contribution in [2.45, 2.75) is 32.4 Å². The van der Waals surface area contributed by atoms with Crippen LogP contribution in [-0.4, -0.2) is 51.1 Å². The van der Waals surface area contributed by atoms with Crippen molar-refractivity contribution in [3.8, 4) is 0 Å². The molecule has 0 aliphatic carbocycles. The Balaban J connectivity index is 1.74. The zero-order valence-electron chi connectivity index (χ0n) is 18.5. The third-order valence-corrected chi connectivity index (χ3v) is 5.20. The molecule has 0 fully saturated rings. The van der Waals surface area contributed by atoms with Crippen molar-refractivity contribution >= 4 is 34.4 Å². The summed E-state index contributed by atoms with van der Waals surface area (Å²) < 4.78 is 14.7. The maximum Gasteiger partial charge on any atom is 0.326 e. The first kappa shape index (κ1) is 24.4. The van der Waals surface area contributed by atoms with Crippen LogP contribution in [0.1, 0.15) is 34.6 Å². The second-order valence-corrected chi connectivity index (χ2v) is 7.82. The van der Waals surface area contributed by atoms with E-state index in [-0.39, 0.29) is 17.5 Å². The van der Waals surface area contributed by atoms with Crippen LogP contribution in [0.2, 0.25) is 0 Å². The van der Waals surface area contributed by atoms with Crippen molar-refractivity contribution in [2.24, 2.45) is 0 Å². The van der Waals surface area contributed by atoms with E-state index in [9.17, 15) is 28.7 Å². The third-order valence-electron chi connectivity index (χ3n) is 5.20. The summed E-state index contributed by atoms with van der Waals surface area (Å²) in [4.78, 5) is 55.1. The number of nitrogens with zero attached hydrogens (tertiary/aromatic N) is 2. The minimum absolute atomic E-state index is 0.253. The number of H-pyrrole nitrogens is 1. The predicted octanol–water partition coefficient (Wildman–Crippen LogP) is 2.05. The fraction of sp³-hybridized carbons (Fsp3) is 0.261. The molecule has 11 heteroatoms. The topological polar surface area (TPSA) is 153 Å². The zero-order chi connectivity index (χ0) is 25.0. The summed E-state index contributed by atoms with van der Waals surface area (Å²) in [7, 11) is 1.71. The molecule has 10 nitrogen and oxygen atoms in total. The Morgan fingerprint density at radius 2 is 1.91 bits per heavy atom. The standard InChI is InChI=1S/C23H23FN4O6/c1-12-25-18-6-3-13(9-16(18)22(32)26-12)11-28(2)14-4-5-15(17(24)10-14)21(31)27-19(23(33)34)7-8-20(29)30/h3-6,9-10,19H,7-8,11H2,1-2H3,(H,27,31)(H,29,30)(H,33,34)(H,25,26,32)/t19-/m1/s1. The number of hydrogen-bond acceptors (Lipinski definition) is 6. The van der Waals surface area contributed by atoms with Crippen LogP contribution in [0.5, 0.6) is 0 Å². The van der Waals surface area contributed by atoms with Gasteiger partial charge < -0.3 is 25.4 Å². The smallest absolute Gasteiger partial charge is 0.326 e. The quantitative estimate of drug-likeness (QED) is 0.371. The lowest BCUT2D eigenvalue weighted by molar-refractivity contribution is -0.140. The van der Waals surface area contributed by atoms with Gasteiger partial charge in [-0.2, -0.15) is 0 Å². The van der Waals surface area contributed by atoms with Gasteiger partial charge in [-0.25, -0.2) is 14.2 Å². The predicted molar refractivity (Wildman–Crippen MR) is 121 cm³/mol. The molecule has 0 saturated heterocycles. The van der Waals surface area contributed by atoms with Gasteiger partial charge in [0.25, 0.3) is 11.5 Å². The second kappa shape index (κ2) is 10.1. The number of amides is 1. The summed E-state index contributed by atoms with van der Waals surface area (Å²) >= 11 is 0. The van der Waals surface area contributed by atoms with E-state index in [2.05, 4.69) is 15.3 Å². The van der Waals surface area contributed by atoms with E-state index in [0.29, 0.717) is 29.0 Å². The van der Waals surface area contributed by atoms with Crippen molar-refractivity contribution in [1.29, 1.82) is 0 Å². The van der Waals surface area contributed by atoms with Crippen molar-refractivity contribution in [2.75, 3.05) is 11.9 Å². The van der Waals surface area contributed by atoms with Crippen LogP contribution in [0.3, 0.4) is 0 Å². The lowest BCUT2D eigenvalue weighted by atomic mass is 10.1. The molecular formula is C23H23FN4O6. The van der Waals surface area contributed by atoms with Crippen molar-refractivity contribution < 1.29 is 29.0 Å². The Morgan fingerprint density at radius 3 is 2.56 bits per heavy atom. The summed E-state index contributed by atoms with van der Waals surface area (Å²) in [6, 6.07) is 7.66. The minimum atomic E-state index is -1.46. The molecule has 178 valence electrons. The molecule has 0 radical (unpaired) electrons. The Labute approximate surface area is 193 Å². The number of aryl methyl sites for hydroxylation is 1. The lowest BCUT2D eigenvalue weighted by Crippen LogP contribution is -2.41. The Hall–Kier alpha value is -4.28. The largest absolute Gasteiger partial charge is 0.481 e. The summed E-state index contributed by atoms with van der Waals surface area (Å²) in [5.41, 5.74) is 1.19. The van der Waals surface area contributed by atoms with Crippen LogP contribution in [-0.2, 0) is 16.1 Å². The van der Waals surface area contributed by atoms with Crippen LogP contribution >= 0.6 is 0 Å². The summed E-state index contributed by atoms with van der Waals surface area (Å²) in [5.74, 6) is -3.93. The van der Waals surface area contributed by atoms with Crippen LogP contribution in [0.25, 0.3) is 10.9 Å². The third kappa shape index (κ3) is 5.74. The normalized spacial score (nSPS) is 11.7.